The van der Waals surface area contributed by atoms with E-state index in [1.165, 1.54) is 6.39 Å². The number of hydrogen-bond acceptors (Lipinski definition) is 7. The summed E-state index contributed by atoms with van der Waals surface area (Å²) in [5, 5.41) is 6.92. The lowest BCUT2D eigenvalue weighted by Crippen LogP contribution is -2.18. The Bertz CT molecular complexity index is 532. The van der Waals surface area contributed by atoms with Crippen molar-refractivity contribution in [1.29, 1.82) is 0 Å². The molecule has 0 aliphatic heterocycles. The van der Waals surface area contributed by atoms with Gasteiger partial charge in [0.2, 0.25) is 6.39 Å². The Morgan fingerprint density at radius 1 is 1.32 bits per heavy atom. The Morgan fingerprint density at radius 3 is 2.74 bits per heavy atom. The van der Waals surface area contributed by atoms with Gasteiger partial charge in [-0.15, -0.1) is 0 Å². The van der Waals surface area contributed by atoms with Gasteiger partial charge in [0.25, 0.3) is 0 Å². The summed E-state index contributed by atoms with van der Waals surface area (Å²) in [6, 6.07) is 1.71. The van der Waals surface area contributed by atoms with Crippen LogP contribution >= 0.6 is 0 Å². The zero-order valence-corrected chi connectivity index (χ0v) is 11.3. The molecule has 0 saturated heterocycles. The number of nitrogens with two attached hydrogens (primary N) is 1. The zero-order valence-electron chi connectivity index (χ0n) is 11.3. The van der Waals surface area contributed by atoms with Crippen LogP contribution in [0.3, 0.4) is 0 Å². The second-order valence-corrected chi connectivity index (χ2v) is 5.28. The fraction of sp³-hybridized carbons (Fsp3) is 0.500. The smallest absolute Gasteiger partial charge is 0.213 e. The molecule has 0 amide bonds. The summed E-state index contributed by atoms with van der Waals surface area (Å²) in [5.74, 6) is 2.54. The van der Waals surface area contributed by atoms with Gasteiger partial charge in [0.1, 0.15) is 17.5 Å². The van der Waals surface area contributed by atoms with Crippen molar-refractivity contribution in [1.82, 2.24) is 20.1 Å². The van der Waals surface area contributed by atoms with Gasteiger partial charge in [0.05, 0.1) is 0 Å². The molecule has 0 aliphatic carbocycles. The molecule has 0 unspecified atom stereocenters. The summed E-state index contributed by atoms with van der Waals surface area (Å²) >= 11 is 0. The fourth-order valence-corrected chi connectivity index (χ4v) is 1.50. The van der Waals surface area contributed by atoms with Gasteiger partial charge in [-0.05, 0) is 0 Å². The zero-order chi connectivity index (χ0) is 13.9. The summed E-state index contributed by atoms with van der Waals surface area (Å²) in [6.45, 7) is 6.79. The van der Waals surface area contributed by atoms with E-state index in [1.54, 1.807) is 6.07 Å². The molecule has 102 valence electrons. The van der Waals surface area contributed by atoms with E-state index in [0.29, 0.717) is 30.4 Å². The van der Waals surface area contributed by atoms with Gasteiger partial charge in [0.15, 0.2) is 5.82 Å². The SMILES string of the molecule is CC(C)(C)c1nc(N)cc(NCCc2ncon2)n1. The van der Waals surface area contributed by atoms with E-state index in [0.717, 1.165) is 5.82 Å². The standard InChI is InChI=1S/C12H18N6O/c1-12(2,3)11-16-8(13)6-10(17-11)14-5-4-9-15-7-19-18-9/h6-7H,4-5H2,1-3H3,(H3,13,14,16,17). The molecule has 2 aromatic rings. The van der Waals surface area contributed by atoms with E-state index >= 15 is 0 Å². The van der Waals surface area contributed by atoms with E-state index in [1.807, 2.05) is 20.8 Å². The van der Waals surface area contributed by atoms with Crippen LogP contribution in [-0.2, 0) is 11.8 Å². The highest BCUT2D eigenvalue weighted by atomic mass is 16.5. The van der Waals surface area contributed by atoms with Crippen molar-refractivity contribution in [2.75, 3.05) is 17.6 Å². The molecule has 2 heterocycles. The predicted octanol–water partition coefficient (Wildman–Crippen LogP) is 1.39. The lowest BCUT2D eigenvalue weighted by molar-refractivity contribution is 0.410. The summed E-state index contributed by atoms with van der Waals surface area (Å²) in [7, 11) is 0. The lowest BCUT2D eigenvalue weighted by atomic mass is 9.96. The monoisotopic (exact) mass is 262 g/mol. The van der Waals surface area contributed by atoms with Gasteiger partial charge in [-0.2, -0.15) is 4.98 Å². The first-order valence-electron chi connectivity index (χ1n) is 6.09. The Morgan fingerprint density at radius 2 is 2.11 bits per heavy atom. The maximum Gasteiger partial charge on any atom is 0.213 e. The van der Waals surface area contributed by atoms with E-state index in [-0.39, 0.29) is 5.41 Å². The number of hydrogen-bond donors (Lipinski definition) is 2. The van der Waals surface area contributed by atoms with Crippen LogP contribution in [-0.4, -0.2) is 26.7 Å². The van der Waals surface area contributed by atoms with Crippen molar-refractivity contribution >= 4 is 11.6 Å². The molecule has 0 aliphatic rings. The Hall–Kier alpha value is -2.18. The number of anilines is 2. The van der Waals surface area contributed by atoms with Crippen LogP contribution in [0.2, 0.25) is 0 Å². The Balaban J connectivity index is 2.02. The summed E-state index contributed by atoms with van der Waals surface area (Å²) < 4.78 is 4.67. The van der Waals surface area contributed by atoms with Crippen LogP contribution in [0.4, 0.5) is 11.6 Å². The molecule has 2 rings (SSSR count). The van der Waals surface area contributed by atoms with Crippen LogP contribution in [0, 0.1) is 0 Å². The first kappa shape index (κ1) is 13.3. The third-order valence-corrected chi connectivity index (χ3v) is 2.48. The fourth-order valence-electron chi connectivity index (χ4n) is 1.50. The third kappa shape index (κ3) is 3.64. The second kappa shape index (κ2) is 5.21. The molecule has 0 saturated carbocycles. The van der Waals surface area contributed by atoms with Crippen LogP contribution < -0.4 is 11.1 Å². The molecule has 0 spiro atoms. The van der Waals surface area contributed by atoms with Gasteiger partial charge in [-0.1, -0.05) is 25.9 Å². The van der Waals surface area contributed by atoms with E-state index in [9.17, 15) is 0 Å². The van der Waals surface area contributed by atoms with Crippen molar-refractivity contribution in [3.05, 3.63) is 24.1 Å². The topological polar surface area (TPSA) is 103 Å². The molecule has 0 aromatic carbocycles. The molecular formula is C12H18N6O. The highest BCUT2D eigenvalue weighted by Crippen LogP contribution is 2.21. The minimum Gasteiger partial charge on any atom is -0.384 e. The number of rotatable bonds is 4. The summed E-state index contributed by atoms with van der Waals surface area (Å²) in [4.78, 5) is 12.7. The number of aromatic nitrogens is 4. The normalized spacial score (nSPS) is 11.5. The van der Waals surface area contributed by atoms with Crippen molar-refractivity contribution in [2.24, 2.45) is 0 Å². The van der Waals surface area contributed by atoms with Crippen molar-refractivity contribution in [3.8, 4) is 0 Å². The molecule has 0 bridgehead atoms. The van der Waals surface area contributed by atoms with Crippen molar-refractivity contribution in [3.63, 3.8) is 0 Å². The third-order valence-electron chi connectivity index (χ3n) is 2.48. The maximum absolute atomic E-state index is 5.79. The minimum absolute atomic E-state index is 0.139. The van der Waals surface area contributed by atoms with Crippen LogP contribution in [0.5, 0.6) is 0 Å². The number of nitrogens with zero attached hydrogens (tertiary/aromatic N) is 4. The van der Waals surface area contributed by atoms with E-state index in [4.69, 9.17) is 5.73 Å². The molecular weight excluding hydrogens is 244 g/mol. The summed E-state index contributed by atoms with van der Waals surface area (Å²) in [6.07, 6.45) is 1.97. The average molecular weight is 262 g/mol. The second-order valence-electron chi connectivity index (χ2n) is 5.28. The first-order chi connectivity index (χ1) is 8.95. The van der Waals surface area contributed by atoms with Crippen molar-refractivity contribution in [2.45, 2.75) is 32.6 Å². The molecule has 0 atom stereocenters. The molecule has 0 radical (unpaired) electrons. The van der Waals surface area contributed by atoms with E-state index < -0.39 is 0 Å². The van der Waals surface area contributed by atoms with Gasteiger partial charge in [0, 0.05) is 24.4 Å². The van der Waals surface area contributed by atoms with Crippen LogP contribution in [0.25, 0.3) is 0 Å². The van der Waals surface area contributed by atoms with Gasteiger partial charge < -0.3 is 15.6 Å². The molecule has 0 fully saturated rings. The largest absolute Gasteiger partial charge is 0.384 e. The van der Waals surface area contributed by atoms with Gasteiger partial charge in [-0.25, -0.2) is 9.97 Å². The molecule has 7 heteroatoms. The molecule has 3 N–H and O–H groups in total. The van der Waals surface area contributed by atoms with Gasteiger partial charge in [-0.3, -0.25) is 0 Å². The number of nitrogen functional groups attached to an aromatic ring is 1. The highest BCUT2D eigenvalue weighted by molar-refractivity contribution is 5.45. The Labute approximate surface area is 111 Å². The van der Waals surface area contributed by atoms with Crippen LogP contribution in [0.1, 0.15) is 32.4 Å². The lowest BCUT2D eigenvalue weighted by Gasteiger charge is -2.18. The predicted molar refractivity (Wildman–Crippen MR) is 71.6 cm³/mol. The molecule has 7 nitrogen and oxygen atoms in total. The van der Waals surface area contributed by atoms with Crippen molar-refractivity contribution < 1.29 is 4.52 Å². The maximum atomic E-state index is 5.79. The Kier molecular flexibility index (Phi) is 3.64. The highest BCUT2D eigenvalue weighted by Gasteiger charge is 2.18. The molecule has 19 heavy (non-hydrogen) atoms. The summed E-state index contributed by atoms with van der Waals surface area (Å²) in [5.41, 5.74) is 5.65. The van der Waals surface area contributed by atoms with E-state index in [2.05, 4.69) is 29.9 Å². The minimum atomic E-state index is -0.139. The number of nitrogens with one attached hydrogen (secondary N) is 1. The average Bonchev–Trinajstić information content (AvgIpc) is 2.80. The quantitative estimate of drug-likeness (QED) is 0.858. The first-order valence-corrected chi connectivity index (χ1v) is 6.09. The van der Waals surface area contributed by atoms with Gasteiger partial charge >= 0.3 is 0 Å². The van der Waals surface area contributed by atoms with Crippen LogP contribution in [0.15, 0.2) is 17.0 Å². The molecule has 2 aromatic heterocycles.